The highest BCUT2D eigenvalue weighted by Gasteiger charge is 2.36. The van der Waals surface area contributed by atoms with E-state index >= 15 is 0 Å². The third-order valence-electron chi connectivity index (χ3n) is 3.78. The van der Waals surface area contributed by atoms with Gasteiger partial charge in [0.15, 0.2) is 8.32 Å². The molecule has 4 nitrogen and oxygen atoms in total. The van der Waals surface area contributed by atoms with E-state index in [1.807, 2.05) is 20.8 Å². The van der Waals surface area contributed by atoms with Crippen LogP contribution in [0, 0.1) is 12.3 Å². The van der Waals surface area contributed by atoms with Crippen LogP contribution in [0.3, 0.4) is 0 Å². The van der Waals surface area contributed by atoms with Crippen molar-refractivity contribution in [3.8, 4) is 12.3 Å². The lowest BCUT2D eigenvalue weighted by atomic mass is 10.2. The Morgan fingerprint density at radius 1 is 1.18 bits per heavy atom. The van der Waals surface area contributed by atoms with Gasteiger partial charge < -0.3 is 9.16 Å². The van der Waals surface area contributed by atoms with Gasteiger partial charge in [-0.25, -0.2) is 4.79 Å². The fourth-order valence-electron chi connectivity index (χ4n) is 1.47. The number of carbonyl (C=O) groups is 1. The summed E-state index contributed by atoms with van der Waals surface area (Å²) in [5.41, 5.74) is -0.512. The third-order valence-corrected chi connectivity index (χ3v) is 8.31. The first-order chi connectivity index (χ1) is 9.80. The van der Waals surface area contributed by atoms with Gasteiger partial charge >= 0.3 is 6.09 Å². The average molecular weight is 328 g/mol. The molecule has 0 radical (unpaired) electrons. The quantitative estimate of drug-likeness (QED) is 0.415. The lowest BCUT2D eigenvalue weighted by Gasteiger charge is -2.36. The number of hydrogen-bond donors (Lipinski definition) is 0. The van der Waals surface area contributed by atoms with Crippen LogP contribution in [-0.4, -0.2) is 44.6 Å². The summed E-state index contributed by atoms with van der Waals surface area (Å²) in [6, 6.07) is 0. The maximum atomic E-state index is 12.1. The van der Waals surface area contributed by atoms with E-state index in [4.69, 9.17) is 15.6 Å². The molecule has 0 saturated carbocycles. The molecule has 0 aromatic carbocycles. The molecule has 5 heteroatoms. The van der Waals surface area contributed by atoms with Crippen molar-refractivity contribution in [2.24, 2.45) is 0 Å². The molecule has 0 rings (SSSR count). The van der Waals surface area contributed by atoms with Gasteiger partial charge in [0, 0.05) is 13.2 Å². The van der Waals surface area contributed by atoms with Crippen molar-refractivity contribution in [3.63, 3.8) is 0 Å². The average Bonchev–Trinajstić information content (AvgIpc) is 2.29. The fourth-order valence-corrected chi connectivity index (χ4v) is 2.56. The molecule has 1 amide bonds. The zero-order valence-electron chi connectivity index (χ0n) is 15.6. The maximum Gasteiger partial charge on any atom is 0.411 e. The van der Waals surface area contributed by atoms with Crippen LogP contribution in [0.2, 0.25) is 18.1 Å². The summed E-state index contributed by atoms with van der Waals surface area (Å²) in [4.78, 5) is 13.6. The monoisotopic (exact) mass is 327 g/mol. The van der Waals surface area contributed by atoms with E-state index in [2.05, 4.69) is 39.8 Å². The highest BCUT2D eigenvalue weighted by molar-refractivity contribution is 6.74. The molecule has 0 unspecified atom stereocenters. The van der Waals surface area contributed by atoms with Crippen molar-refractivity contribution in [3.05, 3.63) is 0 Å². The Hall–Kier alpha value is -0.993. The number of ether oxygens (including phenoxy) is 1. The van der Waals surface area contributed by atoms with Crippen LogP contribution in [0.25, 0.3) is 0 Å². The van der Waals surface area contributed by atoms with Gasteiger partial charge in [0.2, 0.25) is 0 Å². The third kappa shape index (κ3) is 7.86. The molecule has 0 fully saturated rings. The summed E-state index contributed by atoms with van der Waals surface area (Å²) in [5, 5.41) is 0.191. The first kappa shape index (κ1) is 21.0. The van der Waals surface area contributed by atoms with Crippen molar-refractivity contribution in [1.29, 1.82) is 0 Å². The number of amides is 1. The predicted octanol–water partition coefficient (Wildman–Crippen LogP) is 4.27. The van der Waals surface area contributed by atoms with Crippen molar-refractivity contribution >= 4 is 14.4 Å². The molecule has 0 atom stereocenters. The molecule has 0 heterocycles. The van der Waals surface area contributed by atoms with E-state index in [1.54, 1.807) is 4.90 Å². The van der Waals surface area contributed by atoms with Gasteiger partial charge in [0.1, 0.15) is 5.60 Å². The van der Waals surface area contributed by atoms with Crippen LogP contribution in [-0.2, 0) is 9.16 Å². The Labute approximate surface area is 137 Å². The summed E-state index contributed by atoms with van der Waals surface area (Å²) < 4.78 is 11.5. The SMILES string of the molecule is C#CCN(CCCO[Si](C)(C)C(C)(C)C)C(=O)OC(C)(C)C. The molecule has 0 aromatic heterocycles. The normalized spacial score (nSPS) is 12.7. The summed E-state index contributed by atoms with van der Waals surface area (Å²) in [5.74, 6) is 2.51. The van der Waals surface area contributed by atoms with Crippen molar-refractivity contribution in [1.82, 2.24) is 4.90 Å². The van der Waals surface area contributed by atoms with Gasteiger partial charge in [-0.15, -0.1) is 6.42 Å². The standard InChI is InChI=1S/C17H33NO3Si/c1-10-12-18(15(19)21-16(2,3)4)13-11-14-20-22(8,9)17(5,6)7/h1H,11-14H2,2-9H3. The molecule has 128 valence electrons. The Kier molecular flexibility index (Phi) is 7.66. The number of nitrogens with zero attached hydrogens (tertiary/aromatic N) is 1. The van der Waals surface area contributed by atoms with E-state index in [9.17, 15) is 4.79 Å². The second-order valence-electron chi connectivity index (χ2n) is 8.07. The molecule has 0 aliphatic rings. The Morgan fingerprint density at radius 3 is 2.14 bits per heavy atom. The Balaban J connectivity index is 4.39. The van der Waals surface area contributed by atoms with Crippen LogP contribution in [0.5, 0.6) is 0 Å². The van der Waals surface area contributed by atoms with Crippen LogP contribution in [0.15, 0.2) is 0 Å². The lowest BCUT2D eigenvalue weighted by molar-refractivity contribution is 0.0267. The smallest absolute Gasteiger partial charge is 0.411 e. The van der Waals surface area contributed by atoms with Crippen LogP contribution < -0.4 is 0 Å². The topological polar surface area (TPSA) is 38.8 Å². The summed E-state index contributed by atoms with van der Waals surface area (Å²) in [6.07, 6.45) is 5.73. The van der Waals surface area contributed by atoms with E-state index in [-0.39, 0.29) is 17.7 Å². The summed E-state index contributed by atoms with van der Waals surface area (Å²) in [6.45, 7) is 18.1. The molecule has 0 aliphatic carbocycles. The van der Waals surface area contributed by atoms with Crippen LogP contribution >= 0.6 is 0 Å². The molecular formula is C17H33NO3Si. The van der Waals surface area contributed by atoms with Gasteiger partial charge in [-0.1, -0.05) is 26.7 Å². The maximum absolute atomic E-state index is 12.1. The fraction of sp³-hybridized carbons (Fsp3) is 0.824. The zero-order valence-corrected chi connectivity index (χ0v) is 16.6. The Bertz CT molecular complexity index is 400. The van der Waals surface area contributed by atoms with Gasteiger partial charge in [-0.2, -0.15) is 0 Å². The molecule has 22 heavy (non-hydrogen) atoms. The van der Waals surface area contributed by atoms with E-state index in [0.717, 1.165) is 6.42 Å². The lowest BCUT2D eigenvalue weighted by Crippen LogP contribution is -2.42. The number of rotatable bonds is 6. The molecule has 0 saturated heterocycles. The first-order valence-corrected chi connectivity index (χ1v) is 10.8. The second-order valence-corrected chi connectivity index (χ2v) is 12.9. The van der Waals surface area contributed by atoms with Crippen molar-refractivity contribution < 1.29 is 14.0 Å². The van der Waals surface area contributed by atoms with Gasteiger partial charge in [-0.3, -0.25) is 4.90 Å². The van der Waals surface area contributed by atoms with Crippen molar-refractivity contribution in [2.45, 2.75) is 71.7 Å². The highest BCUT2D eigenvalue weighted by atomic mass is 28.4. The molecule has 0 spiro atoms. The molecule has 0 N–H and O–H groups in total. The Morgan fingerprint density at radius 2 is 1.73 bits per heavy atom. The van der Waals surface area contributed by atoms with E-state index in [0.29, 0.717) is 13.2 Å². The minimum absolute atomic E-state index is 0.191. The number of terminal acetylenes is 1. The minimum atomic E-state index is -1.74. The molecule has 0 aliphatic heterocycles. The van der Waals surface area contributed by atoms with E-state index < -0.39 is 13.9 Å². The number of carbonyl (C=O) groups excluding carboxylic acids is 1. The minimum Gasteiger partial charge on any atom is -0.444 e. The first-order valence-electron chi connectivity index (χ1n) is 7.85. The van der Waals surface area contributed by atoms with Crippen LogP contribution in [0.1, 0.15) is 48.0 Å². The summed E-state index contributed by atoms with van der Waals surface area (Å²) >= 11 is 0. The number of hydrogen-bond acceptors (Lipinski definition) is 3. The second kappa shape index (κ2) is 8.03. The van der Waals surface area contributed by atoms with Crippen LogP contribution in [0.4, 0.5) is 4.79 Å². The zero-order chi connectivity index (χ0) is 17.6. The largest absolute Gasteiger partial charge is 0.444 e. The molecular weight excluding hydrogens is 294 g/mol. The molecule has 0 aromatic rings. The van der Waals surface area contributed by atoms with Crippen molar-refractivity contribution in [2.75, 3.05) is 19.7 Å². The van der Waals surface area contributed by atoms with Gasteiger partial charge in [0.05, 0.1) is 6.54 Å². The molecule has 0 bridgehead atoms. The highest BCUT2D eigenvalue weighted by Crippen LogP contribution is 2.36. The summed E-state index contributed by atoms with van der Waals surface area (Å²) in [7, 11) is -1.74. The van der Waals surface area contributed by atoms with Gasteiger partial charge in [-0.05, 0) is 45.3 Å². The van der Waals surface area contributed by atoms with Gasteiger partial charge in [0.25, 0.3) is 0 Å². The predicted molar refractivity (Wildman–Crippen MR) is 94.4 cm³/mol. The van der Waals surface area contributed by atoms with E-state index in [1.165, 1.54) is 0 Å².